The van der Waals surface area contributed by atoms with Crippen molar-refractivity contribution >= 4 is 34.7 Å². The highest BCUT2D eigenvalue weighted by molar-refractivity contribution is 6.31. The molecule has 21 heavy (non-hydrogen) atoms. The van der Waals surface area contributed by atoms with Gasteiger partial charge in [0.2, 0.25) is 0 Å². The predicted octanol–water partition coefficient (Wildman–Crippen LogP) is 3.88. The van der Waals surface area contributed by atoms with Crippen molar-refractivity contribution < 1.29 is 9.53 Å². The van der Waals surface area contributed by atoms with E-state index in [0.717, 1.165) is 5.56 Å². The summed E-state index contributed by atoms with van der Waals surface area (Å²) in [6.07, 6.45) is 0. The molecule has 2 aromatic rings. The molecule has 2 aromatic carbocycles. The fourth-order valence-electron chi connectivity index (χ4n) is 1.73. The number of benzene rings is 2. The fraction of sp³-hybridized carbons (Fsp3) is 0.133. The summed E-state index contributed by atoms with van der Waals surface area (Å²) in [7, 11) is 1.55. The van der Waals surface area contributed by atoms with Crippen LogP contribution in [0, 0.1) is 6.92 Å². The number of urea groups is 1. The van der Waals surface area contributed by atoms with Gasteiger partial charge in [0.15, 0.2) is 0 Å². The maximum atomic E-state index is 12.0. The molecular weight excluding hydrogens is 290 g/mol. The molecule has 2 amide bonds. The third kappa shape index (κ3) is 3.79. The molecule has 0 fully saturated rings. The van der Waals surface area contributed by atoms with Crippen LogP contribution in [0.1, 0.15) is 5.56 Å². The number of anilines is 3. The number of carbonyl (C=O) groups excluding carboxylic acids is 1. The van der Waals surface area contributed by atoms with Crippen LogP contribution in [0.25, 0.3) is 0 Å². The molecule has 0 unspecified atom stereocenters. The molecule has 0 saturated carbocycles. The maximum Gasteiger partial charge on any atom is 0.323 e. The van der Waals surface area contributed by atoms with Gasteiger partial charge in [0.1, 0.15) is 5.75 Å². The maximum absolute atomic E-state index is 12.0. The second kappa shape index (κ2) is 6.37. The van der Waals surface area contributed by atoms with Crippen molar-refractivity contribution in [2.45, 2.75) is 6.92 Å². The van der Waals surface area contributed by atoms with Crippen molar-refractivity contribution in [1.29, 1.82) is 0 Å². The standard InChI is InChI=1S/C15H16ClN3O2/c1-9-3-4-10(7-12(9)16)18-15(20)19-14-8-11(21-2)5-6-13(14)17/h3-8H,17H2,1-2H3,(H2,18,19,20). The monoisotopic (exact) mass is 305 g/mol. The van der Waals surface area contributed by atoms with E-state index in [1.165, 1.54) is 0 Å². The lowest BCUT2D eigenvalue weighted by molar-refractivity contribution is 0.262. The van der Waals surface area contributed by atoms with Crippen molar-refractivity contribution in [1.82, 2.24) is 0 Å². The molecule has 0 atom stereocenters. The van der Waals surface area contributed by atoms with E-state index in [4.69, 9.17) is 22.1 Å². The first-order valence-electron chi connectivity index (χ1n) is 6.27. The minimum Gasteiger partial charge on any atom is -0.497 e. The first-order valence-corrected chi connectivity index (χ1v) is 6.65. The fourth-order valence-corrected chi connectivity index (χ4v) is 1.91. The van der Waals surface area contributed by atoms with Crippen molar-refractivity contribution in [3.8, 4) is 5.75 Å². The number of nitrogen functional groups attached to an aromatic ring is 1. The molecule has 0 aliphatic rings. The lowest BCUT2D eigenvalue weighted by Gasteiger charge is -2.11. The first kappa shape index (κ1) is 15.0. The molecule has 2 rings (SSSR count). The van der Waals surface area contributed by atoms with Crippen molar-refractivity contribution in [3.63, 3.8) is 0 Å². The van der Waals surface area contributed by atoms with Gasteiger partial charge in [-0.1, -0.05) is 17.7 Å². The van der Waals surface area contributed by atoms with Gasteiger partial charge in [-0.25, -0.2) is 4.79 Å². The molecule has 0 bridgehead atoms. The molecule has 0 heterocycles. The zero-order chi connectivity index (χ0) is 15.4. The Morgan fingerprint density at radius 2 is 1.95 bits per heavy atom. The van der Waals surface area contributed by atoms with Gasteiger partial charge in [-0.05, 0) is 36.8 Å². The molecule has 0 saturated heterocycles. The van der Waals surface area contributed by atoms with Crippen LogP contribution in [0.2, 0.25) is 5.02 Å². The largest absolute Gasteiger partial charge is 0.497 e. The van der Waals surface area contributed by atoms with Gasteiger partial charge >= 0.3 is 6.03 Å². The molecule has 0 radical (unpaired) electrons. The molecule has 5 nitrogen and oxygen atoms in total. The highest BCUT2D eigenvalue weighted by atomic mass is 35.5. The van der Waals surface area contributed by atoms with Gasteiger partial charge in [0.05, 0.1) is 18.5 Å². The van der Waals surface area contributed by atoms with Gasteiger partial charge in [-0.3, -0.25) is 0 Å². The van der Waals surface area contributed by atoms with Gasteiger partial charge in [0.25, 0.3) is 0 Å². The Labute approximate surface area is 128 Å². The minimum absolute atomic E-state index is 0.408. The molecular formula is C15H16ClN3O2. The molecule has 0 aliphatic heterocycles. The van der Waals surface area contributed by atoms with E-state index >= 15 is 0 Å². The number of carbonyl (C=O) groups is 1. The highest BCUT2D eigenvalue weighted by Gasteiger charge is 2.07. The number of nitrogens with one attached hydrogen (secondary N) is 2. The minimum atomic E-state index is -0.408. The predicted molar refractivity (Wildman–Crippen MR) is 86.2 cm³/mol. The van der Waals surface area contributed by atoms with Gasteiger partial charge < -0.3 is 21.1 Å². The summed E-state index contributed by atoms with van der Waals surface area (Å²) >= 11 is 6.01. The third-order valence-electron chi connectivity index (χ3n) is 2.94. The van der Waals surface area contributed by atoms with E-state index in [1.54, 1.807) is 37.4 Å². The normalized spacial score (nSPS) is 10.0. The number of amides is 2. The highest BCUT2D eigenvalue weighted by Crippen LogP contribution is 2.25. The van der Waals surface area contributed by atoms with E-state index < -0.39 is 6.03 Å². The van der Waals surface area contributed by atoms with E-state index in [9.17, 15) is 4.79 Å². The summed E-state index contributed by atoms with van der Waals surface area (Å²) in [6.45, 7) is 1.89. The summed E-state index contributed by atoms with van der Waals surface area (Å²) in [4.78, 5) is 12.0. The second-order valence-electron chi connectivity index (χ2n) is 4.50. The number of aryl methyl sites for hydroxylation is 1. The van der Waals surface area contributed by atoms with Crippen LogP contribution in [0.5, 0.6) is 5.75 Å². The van der Waals surface area contributed by atoms with Crippen LogP contribution in [0.4, 0.5) is 21.9 Å². The summed E-state index contributed by atoms with van der Waals surface area (Å²) in [5.74, 6) is 0.609. The lowest BCUT2D eigenvalue weighted by atomic mass is 10.2. The number of hydrogen-bond donors (Lipinski definition) is 3. The Morgan fingerprint density at radius 1 is 1.19 bits per heavy atom. The van der Waals surface area contributed by atoms with Crippen LogP contribution in [0.3, 0.4) is 0 Å². The van der Waals surface area contributed by atoms with Crippen molar-refractivity contribution in [3.05, 3.63) is 47.0 Å². The van der Waals surface area contributed by atoms with Gasteiger partial charge in [-0.15, -0.1) is 0 Å². The third-order valence-corrected chi connectivity index (χ3v) is 3.35. The number of halogens is 1. The smallest absolute Gasteiger partial charge is 0.323 e. The number of nitrogens with two attached hydrogens (primary N) is 1. The SMILES string of the molecule is COc1ccc(N)c(NC(=O)Nc2ccc(C)c(Cl)c2)c1. The van der Waals surface area contributed by atoms with E-state index in [-0.39, 0.29) is 0 Å². The van der Waals surface area contributed by atoms with Gasteiger partial charge in [-0.2, -0.15) is 0 Å². The Kier molecular flexibility index (Phi) is 4.55. The van der Waals surface area contributed by atoms with Crippen LogP contribution in [0.15, 0.2) is 36.4 Å². The Morgan fingerprint density at radius 3 is 2.62 bits per heavy atom. The number of rotatable bonds is 3. The van der Waals surface area contributed by atoms with E-state index in [1.807, 2.05) is 13.0 Å². The molecule has 110 valence electrons. The Hall–Kier alpha value is -2.40. The Balaban J connectivity index is 2.09. The van der Waals surface area contributed by atoms with Crippen LogP contribution >= 0.6 is 11.6 Å². The average molecular weight is 306 g/mol. The second-order valence-corrected chi connectivity index (χ2v) is 4.90. The zero-order valence-electron chi connectivity index (χ0n) is 11.7. The summed E-state index contributed by atoms with van der Waals surface area (Å²) in [6, 6.07) is 9.92. The number of methoxy groups -OCH3 is 1. The quantitative estimate of drug-likeness (QED) is 0.753. The topological polar surface area (TPSA) is 76.4 Å². The van der Waals surface area contributed by atoms with E-state index in [0.29, 0.717) is 27.8 Å². The number of hydrogen-bond acceptors (Lipinski definition) is 3. The summed E-state index contributed by atoms with van der Waals surface area (Å²) < 4.78 is 5.09. The zero-order valence-corrected chi connectivity index (χ0v) is 12.5. The molecule has 0 aliphatic carbocycles. The summed E-state index contributed by atoms with van der Waals surface area (Å²) in [5.41, 5.74) is 8.28. The average Bonchev–Trinajstić information content (AvgIpc) is 2.45. The van der Waals surface area contributed by atoms with Crippen molar-refractivity contribution in [2.75, 3.05) is 23.5 Å². The van der Waals surface area contributed by atoms with Crippen LogP contribution in [-0.4, -0.2) is 13.1 Å². The molecule has 0 aromatic heterocycles. The molecule has 4 N–H and O–H groups in total. The first-order chi connectivity index (χ1) is 9.99. The summed E-state index contributed by atoms with van der Waals surface area (Å²) in [5, 5.41) is 5.95. The van der Waals surface area contributed by atoms with E-state index in [2.05, 4.69) is 10.6 Å². The molecule has 0 spiro atoms. The molecule has 6 heteroatoms. The van der Waals surface area contributed by atoms with Crippen LogP contribution in [-0.2, 0) is 0 Å². The number of ether oxygens (including phenoxy) is 1. The van der Waals surface area contributed by atoms with Gasteiger partial charge in [0, 0.05) is 16.8 Å². The van der Waals surface area contributed by atoms with Crippen molar-refractivity contribution in [2.24, 2.45) is 0 Å². The van der Waals surface area contributed by atoms with Crippen LogP contribution < -0.4 is 21.1 Å². The Bertz CT molecular complexity index is 674. The lowest BCUT2D eigenvalue weighted by Crippen LogP contribution is -2.20.